The third kappa shape index (κ3) is 2.19. The van der Waals surface area contributed by atoms with Crippen molar-refractivity contribution in [3.63, 3.8) is 0 Å². The molecule has 1 aliphatic rings. The van der Waals surface area contributed by atoms with Gasteiger partial charge < -0.3 is 14.2 Å². The van der Waals surface area contributed by atoms with Crippen molar-refractivity contribution in [3.05, 3.63) is 60.3 Å². The SMILES string of the molecule is Cc1ccc2c(oc3ccccc32)c1N1c2cccnc2N(C(C)C)[C@H]1C. The number of aromatic nitrogens is 1. The molecular formula is C23H23N3O. The molecule has 0 aliphatic carbocycles. The van der Waals surface area contributed by atoms with E-state index in [0.717, 1.165) is 39.1 Å². The number of hydrogen-bond donors (Lipinski definition) is 0. The van der Waals surface area contributed by atoms with Crippen LogP contribution in [0.4, 0.5) is 17.2 Å². The highest BCUT2D eigenvalue weighted by Gasteiger charge is 2.38. The van der Waals surface area contributed by atoms with Crippen LogP contribution in [-0.4, -0.2) is 17.2 Å². The molecule has 2 aromatic carbocycles. The van der Waals surface area contributed by atoms with Gasteiger partial charge >= 0.3 is 0 Å². The topological polar surface area (TPSA) is 32.5 Å². The highest BCUT2D eigenvalue weighted by Crippen LogP contribution is 2.48. The molecule has 4 nitrogen and oxygen atoms in total. The number of para-hydroxylation sites is 1. The van der Waals surface area contributed by atoms with Crippen molar-refractivity contribution >= 4 is 39.1 Å². The number of pyridine rings is 1. The van der Waals surface area contributed by atoms with E-state index < -0.39 is 0 Å². The lowest BCUT2D eigenvalue weighted by Gasteiger charge is -2.33. The van der Waals surface area contributed by atoms with Gasteiger partial charge in [-0.3, -0.25) is 0 Å². The Kier molecular flexibility index (Phi) is 3.44. The molecule has 136 valence electrons. The van der Waals surface area contributed by atoms with Crippen LogP contribution >= 0.6 is 0 Å². The lowest BCUT2D eigenvalue weighted by atomic mass is 10.1. The summed E-state index contributed by atoms with van der Waals surface area (Å²) in [7, 11) is 0. The number of nitrogens with zero attached hydrogens (tertiary/aromatic N) is 3. The van der Waals surface area contributed by atoms with Crippen molar-refractivity contribution in [2.75, 3.05) is 9.80 Å². The maximum atomic E-state index is 6.36. The molecule has 0 bridgehead atoms. The summed E-state index contributed by atoms with van der Waals surface area (Å²) in [4.78, 5) is 9.44. The predicted molar refractivity (Wildman–Crippen MR) is 112 cm³/mol. The number of anilines is 3. The lowest BCUT2D eigenvalue weighted by Crippen LogP contribution is -2.42. The zero-order chi connectivity index (χ0) is 18.7. The van der Waals surface area contributed by atoms with Crippen LogP contribution in [0.3, 0.4) is 0 Å². The molecule has 3 heterocycles. The van der Waals surface area contributed by atoms with Gasteiger partial charge in [0, 0.05) is 23.0 Å². The Labute approximate surface area is 159 Å². The second-order valence-corrected chi connectivity index (χ2v) is 7.55. The first-order chi connectivity index (χ1) is 13.1. The molecule has 4 aromatic rings. The minimum atomic E-state index is 0.160. The molecule has 0 fully saturated rings. The molecular weight excluding hydrogens is 334 g/mol. The molecule has 0 amide bonds. The Morgan fingerprint density at radius 2 is 1.81 bits per heavy atom. The Morgan fingerprint density at radius 1 is 1.00 bits per heavy atom. The maximum Gasteiger partial charge on any atom is 0.159 e. The van der Waals surface area contributed by atoms with Crippen LogP contribution in [0.5, 0.6) is 0 Å². The fraction of sp³-hybridized carbons (Fsp3) is 0.261. The van der Waals surface area contributed by atoms with Crippen LogP contribution in [-0.2, 0) is 0 Å². The van der Waals surface area contributed by atoms with E-state index in [0.29, 0.717) is 6.04 Å². The largest absolute Gasteiger partial charge is 0.454 e. The average molecular weight is 357 g/mol. The average Bonchev–Trinajstić information content (AvgIpc) is 3.17. The molecule has 0 saturated heterocycles. The molecule has 0 N–H and O–H groups in total. The summed E-state index contributed by atoms with van der Waals surface area (Å²) in [5.74, 6) is 1.03. The van der Waals surface area contributed by atoms with Crippen molar-refractivity contribution in [1.29, 1.82) is 0 Å². The van der Waals surface area contributed by atoms with Gasteiger partial charge in [0.2, 0.25) is 0 Å². The van der Waals surface area contributed by atoms with Crippen LogP contribution < -0.4 is 9.80 Å². The van der Waals surface area contributed by atoms with E-state index in [4.69, 9.17) is 9.40 Å². The molecule has 0 saturated carbocycles. The normalized spacial score (nSPS) is 16.7. The molecule has 0 unspecified atom stereocenters. The fourth-order valence-electron chi connectivity index (χ4n) is 4.43. The van der Waals surface area contributed by atoms with Gasteiger partial charge in [-0.1, -0.05) is 30.3 Å². The minimum Gasteiger partial charge on any atom is -0.454 e. The zero-order valence-electron chi connectivity index (χ0n) is 16.1. The summed E-state index contributed by atoms with van der Waals surface area (Å²) in [6.07, 6.45) is 2.03. The monoisotopic (exact) mass is 357 g/mol. The summed E-state index contributed by atoms with van der Waals surface area (Å²) < 4.78 is 6.36. The lowest BCUT2D eigenvalue weighted by molar-refractivity contribution is 0.598. The van der Waals surface area contributed by atoms with Gasteiger partial charge in [0.05, 0.1) is 11.4 Å². The van der Waals surface area contributed by atoms with Crippen molar-refractivity contribution < 1.29 is 4.42 Å². The smallest absolute Gasteiger partial charge is 0.159 e. The first-order valence-corrected chi connectivity index (χ1v) is 9.51. The maximum absolute atomic E-state index is 6.36. The second kappa shape index (κ2) is 5.74. The van der Waals surface area contributed by atoms with Crippen molar-refractivity contribution in [2.45, 2.75) is 39.9 Å². The Balaban J connectivity index is 1.82. The van der Waals surface area contributed by atoms with Crippen molar-refractivity contribution in [1.82, 2.24) is 4.98 Å². The van der Waals surface area contributed by atoms with E-state index in [1.54, 1.807) is 0 Å². The summed E-state index contributed by atoms with van der Waals surface area (Å²) >= 11 is 0. The molecule has 4 heteroatoms. The van der Waals surface area contributed by atoms with Crippen LogP contribution in [0.1, 0.15) is 26.3 Å². The van der Waals surface area contributed by atoms with Crippen LogP contribution in [0, 0.1) is 6.92 Å². The van der Waals surface area contributed by atoms with Crippen molar-refractivity contribution in [3.8, 4) is 0 Å². The number of fused-ring (bicyclic) bond motifs is 4. The van der Waals surface area contributed by atoms with Gasteiger partial charge in [-0.15, -0.1) is 0 Å². The highest BCUT2D eigenvalue weighted by molar-refractivity contribution is 6.10. The fourth-order valence-corrected chi connectivity index (χ4v) is 4.43. The van der Waals surface area contributed by atoms with E-state index in [1.165, 1.54) is 5.56 Å². The third-order valence-electron chi connectivity index (χ3n) is 5.57. The standard InChI is InChI=1S/C23H23N3O/c1-14(2)25-16(4)26(19-9-7-13-24-23(19)25)21-15(3)11-12-18-17-8-5-6-10-20(17)27-22(18)21/h5-14,16H,1-4H3/t16-/m1/s1. The van der Waals surface area contributed by atoms with Crippen LogP contribution in [0.25, 0.3) is 21.9 Å². The third-order valence-corrected chi connectivity index (χ3v) is 5.57. The number of rotatable bonds is 2. The predicted octanol–water partition coefficient (Wildman–Crippen LogP) is 6.00. The van der Waals surface area contributed by atoms with E-state index in [1.807, 2.05) is 24.4 Å². The number of furan rings is 1. The van der Waals surface area contributed by atoms with Crippen LogP contribution in [0.2, 0.25) is 0 Å². The Morgan fingerprint density at radius 3 is 2.63 bits per heavy atom. The molecule has 2 aromatic heterocycles. The van der Waals surface area contributed by atoms with Gasteiger partial charge in [0.1, 0.15) is 11.7 Å². The van der Waals surface area contributed by atoms with E-state index in [2.05, 4.69) is 67.8 Å². The molecule has 0 spiro atoms. The number of aryl methyl sites for hydroxylation is 1. The van der Waals surface area contributed by atoms with Gasteiger partial charge in [-0.05, 0) is 51.5 Å². The molecule has 1 aliphatic heterocycles. The molecule has 1 atom stereocenters. The summed E-state index contributed by atoms with van der Waals surface area (Å²) in [5, 5.41) is 2.32. The first-order valence-electron chi connectivity index (χ1n) is 9.51. The summed E-state index contributed by atoms with van der Waals surface area (Å²) in [6.45, 7) is 8.82. The second-order valence-electron chi connectivity index (χ2n) is 7.55. The molecule has 27 heavy (non-hydrogen) atoms. The highest BCUT2D eigenvalue weighted by atomic mass is 16.3. The quantitative estimate of drug-likeness (QED) is 0.440. The number of benzene rings is 2. The van der Waals surface area contributed by atoms with Gasteiger partial charge in [0.15, 0.2) is 11.4 Å². The van der Waals surface area contributed by atoms with E-state index >= 15 is 0 Å². The van der Waals surface area contributed by atoms with E-state index in [9.17, 15) is 0 Å². The first kappa shape index (κ1) is 16.2. The molecule has 5 rings (SSSR count). The number of hydrogen-bond acceptors (Lipinski definition) is 4. The van der Waals surface area contributed by atoms with Crippen LogP contribution in [0.15, 0.2) is 59.1 Å². The van der Waals surface area contributed by atoms with Gasteiger partial charge in [0.25, 0.3) is 0 Å². The van der Waals surface area contributed by atoms with Gasteiger partial charge in [-0.25, -0.2) is 4.98 Å². The summed E-state index contributed by atoms with van der Waals surface area (Å²) in [6, 6.07) is 17.1. The Hall–Kier alpha value is -3.01. The van der Waals surface area contributed by atoms with Crippen molar-refractivity contribution in [2.24, 2.45) is 0 Å². The Bertz CT molecular complexity index is 1160. The van der Waals surface area contributed by atoms with Gasteiger partial charge in [-0.2, -0.15) is 0 Å². The van der Waals surface area contributed by atoms with E-state index in [-0.39, 0.29) is 6.17 Å². The molecule has 0 radical (unpaired) electrons. The minimum absolute atomic E-state index is 0.160. The zero-order valence-corrected chi connectivity index (χ0v) is 16.1. The summed E-state index contributed by atoms with van der Waals surface area (Å²) in [5.41, 5.74) is 5.35.